The first-order chi connectivity index (χ1) is 7.33. The Morgan fingerprint density at radius 1 is 1.40 bits per heavy atom. The van der Waals surface area contributed by atoms with Gasteiger partial charge in [0.1, 0.15) is 5.69 Å². The van der Waals surface area contributed by atoms with Crippen molar-refractivity contribution in [3.05, 3.63) is 30.7 Å². The molecule has 0 amide bonds. The molecule has 0 saturated heterocycles. The van der Waals surface area contributed by atoms with E-state index in [1.54, 1.807) is 23.0 Å². The Labute approximate surface area is 84.3 Å². The van der Waals surface area contributed by atoms with Gasteiger partial charge in [0.05, 0.1) is 6.20 Å². The van der Waals surface area contributed by atoms with Crippen molar-refractivity contribution >= 4 is 11.5 Å². The molecule has 2 N–H and O–H groups in total. The molecule has 15 heavy (non-hydrogen) atoms. The number of rotatable bonds is 1. The predicted octanol–water partition coefficient (Wildman–Crippen LogP) is 0.966. The molecule has 0 aromatic carbocycles. The topological polar surface area (TPSA) is 82.2 Å². The van der Waals surface area contributed by atoms with Gasteiger partial charge >= 0.3 is 0 Å². The van der Waals surface area contributed by atoms with E-state index >= 15 is 0 Å². The molecule has 0 aliphatic rings. The van der Waals surface area contributed by atoms with Crippen LogP contribution in [0.5, 0.6) is 0 Å². The van der Waals surface area contributed by atoms with Crippen LogP contribution in [0.25, 0.3) is 16.9 Å². The Bertz CT molecular complexity index is 612. The number of aromatic nitrogens is 4. The van der Waals surface area contributed by atoms with Crippen LogP contribution >= 0.6 is 0 Å². The van der Waals surface area contributed by atoms with Crippen LogP contribution in [0.2, 0.25) is 0 Å². The van der Waals surface area contributed by atoms with Crippen LogP contribution in [-0.2, 0) is 0 Å². The first kappa shape index (κ1) is 7.98. The predicted molar refractivity (Wildman–Crippen MR) is 52.9 cm³/mol. The third kappa shape index (κ3) is 1.23. The summed E-state index contributed by atoms with van der Waals surface area (Å²) in [6.07, 6.45) is 5.21. The molecule has 0 spiro atoms. The molecule has 0 radical (unpaired) electrons. The number of nitrogens with two attached hydrogens (primary N) is 1. The summed E-state index contributed by atoms with van der Waals surface area (Å²) in [4.78, 5) is 4.20. The SMILES string of the molecule is Nc1cc(-c2cnc3ccnn3c2)no1. The molecule has 74 valence electrons. The number of hydrogen-bond acceptors (Lipinski definition) is 5. The molecule has 0 unspecified atom stereocenters. The van der Waals surface area contributed by atoms with E-state index in [9.17, 15) is 0 Å². The normalized spacial score (nSPS) is 10.9. The fraction of sp³-hybridized carbons (Fsp3) is 0. The van der Waals surface area contributed by atoms with Crippen molar-refractivity contribution in [1.82, 2.24) is 19.8 Å². The molecule has 0 aliphatic carbocycles. The zero-order valence-corrected chi connectivity index (χ0v) is 7.66. The lowest BCUT2D eigenvalue weighted by molar-refractivity contribution is 0.439. The quantitative estimate of drug-likeness (QED) is 0.634. The zero-order chi connectivity index (χ0) is 10.3. The number of anilines is 1. The van der Waals surface area contributed by atoms with Crippen molar-refractivity contribution in [1.29, 1.82) is 0 Å². The summed E-state index contributed by atoms with van der Waals surface area (Å²) in [7, 11) is 0. The molecule has 6 nitrogen and oxygen atoms in total. The van der Waals surface area contributed by atoms with Gasteiger partial charge in [0.25, 0.3) is 0 Å². The minimum Gasteiger partial charge on any atom is -0.368 e. The third-order valence-corrected chi connectivity index (χ3v) is 2.07. The second-order valence-electron chi connectivity index (χ2n) is 3.09. The summed E-state index contributed by atoms with van der Waals surface area (Å²) in [5.41, 5.74) is 7.69. The molecule has 0 saturated carbocycles. The standard InChI is InChI=1S/C9H7N5O/c10-8-3-7(13-15-8)6-4-11-9-1-2-12-14(9)5-6/h1-5H,10H2. The Morgan fingerprint density at radius 2 is 2.33 bits per heavy atom. The van der Waals surface area contributed by atoms with E-state index in [0.717, 1.165) is 11.2 Å². The summed E-state index contributed by atoms with van der Waals surface area (Å²) in [6, 6.07) is 3.47. The lowest BCUT2D eigenvalue weighted by Gasteiger charge is -1.95. The minimum absolute atomic E-state index is 0.283. The van der Waals surface area contributed by atoms with E-state index in [-0.39, 0.29) is 5.88 Å². The van der Waals surface area contributed by atoms with E-state index < -0.39 is 0 Å². The van der Waals surface area contributed by atoms with Crippen LogP contribution in [-0.4, -0.2) is 19.8 Å². The summed E-state index contributed by atoms with van der Waals surface area (Å²) in [6.45, 7) is 0. The second kappa shape index (κ2) is 2.81. The van der Waals surface area contributed by atoms with E-state index in [4.69, 9.17) is 10.3 Å². The van der Waals surface area contributed by atoms with Crippen molar-refractivity contribution in [3.8, 4) is 11.3 Å². The average Bonchev–Trinajstić information content (AvgIpc) is 2.84. The zero-order valence-electron chi connectivity index (χ0n) is 7.66. The van der Waals surface area contributed by atoms with Gasteiger partial charge in [-0.1, -0.05) is 5.16 Å². The van der Waals surface area contributed by atoms with Crippen LogP contribution < -0.4 is 5.73 Å². The Kier molecular flexibility index (Phi) is 1.49. The van der Waals surface area contributed by atoms with Gasteiger partial charge in [-0.2, -0.15) is 5.10 Å². The number of fused-ring (bicyclic) bond motifs is 1. The highest BCUT2D eigenvalue weighted by molar-refractivity contribution is 5.60. The maximum atomic E-state index is 5.44. The van der Waals surface area contributed by atoms with Gasteiger partial charge in [-0.05, 0) is 0 Å². The monoisotopic (exact) mass is 201 g/mol. The Balaban J connectivity index is 2.18. The minimum atomic E-state index is 0.283. The first-order valence-electron chi connectivity index (χ1n) is 4.35. The lowest BCUT2D eigenvalue weighted by Crippen LogP contribution is -1.90. The fourth-order valence-corrected chi connectivity index (χ4v) is 1.37. The van der Waals surface area contributed by atoms with E-state index in [1.165, 1.54) is 0 Å². The van der Waals surface area contributed by atoms with Gasteiger partial charge in [0, 0.05) is 30.1 Å². The van der Waals surface area contributed by atoms with Crippen molar-refractivity contribution in [2.24, 2.45) is 0 Å². The van der Waals surface area contributed by atoms with Gasteiger partial charge < -0.3 is 10.3 Å². The van der Waals surface area contributed by atoms with Crippen molar-refractivity contribution in [2.45, 2.75) is 0 Å². The summed E-state index contributed by atoms with van der Waals surface area (Å²) in [5, 5.41) is 7.87. The van der Waals surface area contributed by atoms with Crippen molar-refractivity contribution in [2.75, 3.05) is 5.73 Å². The Morgan fingerprint density at radius 3 is 3.13 bits per heavy atom. The van der Waals surface area contributed by atoms with Gasteiger partial charge in [-0.15, -0.1) is 0 Å². The van der Waals surface area contributed by atoms with Gasteiger partial charge in [-0.25, -0.2) is 9.50 Å². The first-order valence-corrected chi connectivity index (χ1v) is 4.35. The maximum Gasteiger partial charge on any atom is 0.222 e. The highest BCUT2D eigenvalue weighted by Crippen LogP contribution is 2.18. The third-order valence-electron chi connectivity index (χ3n) is 2.07. The van der Waals surface area contributed by atoms with Crippen molar-refractivity contribution in [3.63, 3.8) is 0 Å². The second-order valence-corrected chi connectivity index (χ2v) is 3.09. The van der Waals surface area contributed by atoms with Gasteiger partial charge in [0.2, 0.25) is 5.88 Å². The molecule has 3 aromatic rings. The summed E-state index contributed by atoms with van der Waals surface area (Å²) >= 11 is 0. The molecule has 0 bridgehead atoms. The smallest absolute Gasteiger partial charge is 0.222 e. The molecule has 3 aromatic heterocycles. The molecule has 0 atom stereocenters. The van der Waals surface area contributed by atoms with Crippen LogP contribution in [0, 0.1) is 0 Å². The van der Waals surface area contributed by atoms with E-state index in [0.29, 0.717) is 5.69 Å². The number of nitrogen functional groups attached to an aromatic ring is 1. The van der Waals surface area contributed by atoms with E-state index in [1.807, 2.05) is 12.3 Å². The molecule has 0 fully saturated rings. The summed E-state index contributed by atoms with van der Waals surface area (Å²) in [5.74, 6) is 0.283. The Hall–Kier alpha value is -2.37. The van der Waals surface area contributed by atoms with Crippen LogP contribution in [0.4, 0.5) is 5.88 Å². The lowest BCUT2D eigenvalue weighted by atomic mass is 10.2. The van der Waals surface area contributed by atoms with Crippen molar-refractivity contribution < 1.29 is 4.52 Å². The molecule has 0 aliphatic heterocycles. The molecular weight excluding hydrogens is 194 g/mol. The average molecular weight is 201 g/mol. The van der Waals surface area contributed by atoms with Crippen LogP contribution in [0.15, 0.2) is 35.2 Å². The molecular formula is C9H7N5O. The fourth-order valence-electron chi connectivity index (χ4n) is 1.37. The van der Waals surface area contributed by atoms with E-state index in [2.05, 4.69) is 15.2 Å². The molecule has 3 rings (SSSR count). The van der Waals surface area contributed by atoms with Crippen LogP contribution in [0.1, 0.15) is 0 Å². The van der Waals surface area contributed by atoms with Gasteiger partial charge in [0.15, 0.2) is 5.65 Å². The highest BCUT2D eigenvalue weighted by Gasteiger charge is 2.05. The summed E-state index contributed by atoms with van der Waals surface area (Å²) < 4.78 is 6.45. The number of nitrogens with zero attached hydrogens (tertiary/aromatic N) is 4. The highest BCUT2D eigenvalue weighted by atomic mass is 16.5. The molecule has 6 heteroatoms. The van der Waals surface area contributed by atoms with Crippen LogP contribution in [0.3, 0.4) is 0 Å². The maximum absolute atomic E-state index is 5.44. The molecule has 3 heterocycles. The largest absolute Gasteiger partial charge is 0.368 e. The number of hydrogen-bond donors (Lipinski definition) is 1. The van der Waals surface area contributed by atoms with Gasteiger partial charge in [-0.3, -0.25) is 0 Å².